The highest BCUT2D eigenvalue weighted by molar-refractivity contribution is 7.13. The van der Waals surface area contributed by atoms with Crippen LogP contribution in [0.25, 0.3) is 10.6 Å². The van der Waals surface area contributed by atoms with E-state index in [4.69, 9.17) is 0 Å². The summed E-state index contributed by atoms with van der Waals surface area (Å²) in [5.74, 6) is -0.0112. The fourth-order valence-electron chi connectivity index (χ4n) is 3.13. The molecule has 0 saturated carbocycles. The second kappa shape index (κ2) is 8.41. The average Bonchev–Trinajstić information content (AvgIpc) is 3.11. The summed E-state index contributed by atoms with van der Waals surface area (Å²) in [5.41, 5.74) is 2.50. The van der Waals surface area contributed by atoms with Crippen LogP contribution in [-0.2, 0) is 4.79 Å². The lowest BCUT2D eigenvalue weighted by molar-refractivity contribution is -0.124. The van der Waals surface area contributed by atoms with Crippen molar-refractivity contribution in [2.75, 3.05) is 32.7 Å². The van der Waals surface area contributed by atoms with Crippen LogP contribution < -0.4 is 5.32 Å². The highest BCUT2D eigenvalue weighted by Crippen LogP contribution is 2.24. The zero-order chi connectivity index (χ0) is 20.3. The van der Waals surface area contributed by atoms with Crippen LogP contribution in [0.4, 0.5) is 0 Å². The molecule has 28 heavy (non-hydrogen) atoms. The number of benzene rings is 1. The van der Waals surface area contributed by atoms with Gasteiger partial charge in [-0.25, -0.2) is 4.98 Å². The molecule has 2 amide bonds. The van der Waals surface area contributed by atoms with Crippen LogP contribution >= 0.6 is 11.3 Å². The molecule has 2 aromatic rings. The first kappa shape index (κ1) is 20.5. The third-order valence-corrected chi connectivity index (χ3v) is 5.45. The van der Waals surface area contributed by atoms with Gasteiger partial charge in [0, 0.05) is 42.7 Å². The van der Waals surface area contributed by atoms with Gasteiger partial charge in [0.05, 0.1) is 6.54 Å². The third-order valence-electron chi connectivity index (χ3n) is 4.56. The largest absolute Gasteiger partial charge is 0.350 e. The Morgan fingerprint density at radius 1 is 1.11 bits per heavy atom. The Bertz CT molecular complexity index is 831. The van der Waals surface area contributed by atoms with E-state index in [1.807, 2.05) is 62.2 Å². The van der Waals surface area contributed by atoms with E-state index >= 15 is 0 Å². The van der Waals surface area contributed by atoms with Crippen LogP contribution in [0.1, 0.15) is 36.8 Å². The molecule has 1 aromatic heterocycles. The molecule has 1 fully saturated rings. The maximum absolute atomic E-state index is 12.8. The minimum Gasteiger partial charge on any atom is -0.350 e. The Morgan fingerprint density at radius 3 is 2.36 bits per heavy atom. The first-order chi connectivity index (χ1) is 13.2. The Morgan fingerprint density at radius 2 is 1.75 bits per heavy atom. The minimum atomic E-state index is -0.228. The number of hydrogen-bond acceptors (Lipinski definition) is 5. The molecule has 0 spiro atoms. The Kier molecular flexibility index (Phi) is 6.15. The molecular formula is C21H28N4O2S. The Hall–Kier alpha value is -2.25. The van der Waals surface area contributed by atoms with Gasteiger partial charge in [0.25, 0.3) is 5.91 Å². The molecule has 0 radical (unpaired) electrons. The number of hydrogen-bond donors (Lipinski definition) is 1. The van der Waals surface area contributed by atoms with E-state index in [1.54, 1.807) is 0 Å². The van der Waals surface area contributed by atoms with Gasteiger partial charge in [-0.2, -0.15) is 0 Å². The zero-order valence-corrected chi connectivity index (χ0v) is 17.8. The van der Waals surface area contributed by atoms with Crippen molar-refractivity contribution < 1.29 is 9.59 Å². The number of piperazine rings is 1. The van der Waals surface area contributed by atoms with E-state index < -0.39 is 0 Å². The Balaban J connectivity index is 1.54. The monoisotopic (exact) mass is 400 g/mol. The smallest absolute Gasteiger partial charge is 0.273 e. The standard InChI is InChI=1S/C21H28N4O2S/c1-15-5-7-16(8-6-15)19-22-17(14-28-19)20(27)25-11-9-24(10-12-25)13-18(26)23-21(2,3)4/h5-8,14H,9-13H2,1-4H3,(H,23,26). The van der Waals surface area contributed by atoms with E-state index in [1.165, 1.54) is 16.9 Å². The summed E-state index contributed by atoms with van der Waals surface area (Å²) in [6.45, 7) is 10.9. The SMILES string of the molecule is Cc1ccc(-c2nc(C(=O)N3CCN(CC(=O)NC(C)(C)C)CC3)cs2)cc1. The van der Waals surface area contributed by atoms with Crippen molar-refractivity contribution in [3.8, 4) is 10.6 Å². The van der Waals surface area contributed by atoms with E-state index in [0.29, 0.717) is 38.4 Å². The zero-order valence-electron chi connectivity index (χ0n) is 17.0. The van der Waals surface area contributed by atoms with Crippen molar-refractivity contribution >= 4 is 23.2 Å². The number of carbonyl (C=O) groups excluding carboxylic acids is 2. The van der Waals surface area contributed by atoms with Crippen LogP contribution in [0.5, 0.6) is 0 Å². The summed E-state index contributed by atoms with van der Waals surface area (Å²) in [6.07, 6.45) is 0. The molecule has 0 bridgehead atoms. The van der Waals surface area contributed by atoms with Gasteiger partial charge in [0.15, 0.2) is 0 Å². The first-order valence-corrected chi connectivity index (χ1v) is 10.4. The summed E-state index contributed by atoms with van der Waals surface area (Å²) < 4.78 is 0. The number of aryl methyl sites for hydroxylation is 1. The normalized spacial score (nSPS) is 15.5. The quantitative estimate of drug-likeness (QED) is 0.857. The van der Waals surface area contributed by atoms with E-state index in [-0.39, 0.29) is 17.4 Å². The van der Waals surface area contributed by atoms with Gasteiger partial charge < -0.3 is 10.2 Å². The van der Waals surface area contributed by atoms with Gasteiger partial charge in [-0.05, 0) is 27.7 Å². The van der Waals surface area contributed by atoms with Gasteiger partial charge in [-0.15, -0.1) is 11.3 Å². The van der Waals surface area contributed by atoms with Crippen LogP contribution in [0, 0.1) is 6.92 Å². The second-order valence-corrected chi connectivity index (χ2v) is 9.13. The number of rotatable bonds is 4. The molecule has 1 aliphatic rings. The maximum Gasteiger partial charge on any atom is 0.273 e. The fraction of sp³-hybridized carbons (Fsp3) is 0.476. The summed E-state index contributed by atoms with van der Waals surface area (Å²) >= 11 is 1.49. The molecule has 1 aromatic carbocycles. The van der Waals surface area contributed by atoms with Crippen molar-refractivity contribution in [1.82, 2.24) is 20.1 Å². The molecule has 3 rings (SSSR count). The van der Waals surface area contributed by atoms with E-state index in [2.05, 4.69) is 15.2 Å². The minimum absolute atomic E-state index is 0.0227. The number of nitrogens with one attached hydrogen (secondary N) is 1. The van der Waals surface area contributed by atoms with Crippen molar-refractivity contribution in [2.24, 2.45) is 0 Å². The van der Waals surface area contributed by atoms with Gasteiger partial charge in [0.2, 0.25) is 5.91 Å². The maximum atomic E-state index is 12.8. The molecule has 0 unspecified atom stereocenters. The molecule has 6 nitrogen and oxygen atoms in total. The van der Waals surface area contributed by atoms with Crippen LogP contribution in [-0.4, -0.2) is 64.9 Å². The molecular weight excluding hydrogens is 372 g/mol. The third kappa shape index (κ3) is 5.39. The number of amides is 2. The molecule has 7 heteroatoms. The fourth-order valence-corrected chi connectivity index (χ4v) is 3.93. The molecule has 150 valence electrons. The summed E-state index contributed by atoms with van der Waals surface area (Å²) in [4.78, 5) is 33.3. The Labute approximate surface area is 170 Å². The number of carbonyl (C=O) groups is 2. The molecule has 2 heterocycles. The van der Waals surface area contributed by atoms with Crippen molar-refractivity contribution in [2.45, 2.75) is 33.2 Å². The highest BCUT2D eigenvalue weighted by atomic mass is 32.1. The van der Waals surface area contributed by atoms with Crippen LogP contribution in [0.2, 0.25) is 0 Å². The summed E-state index contributed by atoms with van der Waals surface area (Å²) in [6, 6.07) is 8.16. The number of aromatic nitrogens is 1. The lowest BCUT2D eigenvalue weighted by Gasteiger charge is -2.34. The van der Waals surface area contributed by atoms with Crippen LogP contribution in [0.15, 0.2) is 29.6 Å². The molecule has 1 aliphatic heterocycles. The molecule has 1 N–H and O–H groups in total. The lowest BCUT2D eigenvalue weighted by Crippen LogP contribution is -2.52. The average molecular weight is 401 g/mol. The van der Waals surface area contributed by atoms with Gasteiger partial charge in [-0.3, -0.25) is 14.5 Å². The van der Waals surface area contributed by atoms with Crippen LogP contribution in [0.3, 0.4) is 0 Å². The van der Waals surface area contributed by atoms with Gasteiger partial charge >= 0.3 is 0 Å². The second-order valence-electron chi connectivity index (χ2n) is 8.27. The first-order valence-electron chi connectivity index (χ1n) is 9.56. The summed E-state index contributed by atoms with van der Waals surface area (Å²) in [7, 11) is 0. The predicted molar refractivity (Wildman–Crippen MR) is 113 cm³/mol. The molecule has 0 aliphatic carbocycles. The lowest BCUT2D eigenvalue weighted by atomic mass is 10.1. The predicted octanol–water partition coefficient (Wildman–Crippen LogP) is 2.79. The number of nitrogens with zero attached hydrogens (tertiary/aromatic N) is 3. The molecule has 0 atom stereocenters. The van der Waals surface area contributed by atoms with Crippen molar-refractivity contribution in [3.05, 3.63) is 40.9 Å². The van der Waals surface area contributed by atoms with Gasteiger partial charge in [-0.1, -0.05) is 29.8 Å². The van der Waals surface area contributed by atoms with E-state index in [0.717, 1.165) is 10.6 Å². The van der Waals surface area contributed by atoms with Crippen molar-refractivity contribution in [3.63, 3.8) is 0 Å². The molecule has 1 saturated heterocycles. The number of thiazole rings is 1. The van der Waals surface area contributed by atoms with Crippen molar-refractivity contribution in [1.29, 1.82) is 0 Å². The van der Waals surface area contributed by atoms with E-state index in [9.17, 15) is 9.59 Å². The topological polar surface area (TPSA) is 65.5 Å². The van der Waals surface area contributed by atoms with Gasteiger partial charge in [0.1, 0.15) is 10.7 Å². The highest BCUT2D eigenvalue weighted by Gasteiger charge is 2.25. The summed E-state index contributed by atoms with van der Waals surface area (Å²) in [5, 5.41) is 5.67.